The van der Waals surface area contributed by atoms with E-state index in [4.69, 9.17) is 4.74 Å². The van der Waals surface area contributed by atoms with Crippen LogP contribution in [0.25, 0.3) is 0 Å². The molecule has 0 aromatic heterocycles. The lowest BCUT2D eigenvalue weighted by Crippen LogP contribution is -2.54. The van der Waals surface area contributed by atoms with Gasteiger partial charge < -0.3 is 10.1 Å². The molecule has 0 bridgehead atoms. The number of hydrogen-bond donors (Lipinski definition) is 2. The Labute approximate surface area is 190 Å². The van der Waals surface area contributed by atoms with E-state index in [1.165, 1.54) is 0 Å². The first kappa shape index (κ1) is 21.0. The molecular weight excluding hydrogens is 518 g/mol. The summed E-state index contributed by atoms with van der Waals surface area (Å²) in [6, 6.07) is 9.25. The standard InChI is InChI=1S/C21H19Br2N3O4/c1-3-8-30-18-14(22)9-12(10-15(18)23)17-11(2)25-21(19(17)26(28)29)13-6-4-5-7-16(13)24-20(21)27/h3-7,9-11,17,19,25H,1,8H2,2H3,(H,24,27)/t11-,17-,19+,21-/m0/s1. The fourth-order valence-electron chi connectivity index (χ4n) is 4.61. The average Bonchev–Trinajstić information content (AvgIpc) is 3.16. The maximum Gasteiger partial charge on any atom is 0.256 e. The van der Waals surface area contributed by atoms with Crippen molar-refractivity contribution >= 4 is 43.5 Å². The Balaban J connectivity index is 1.83. The van der Waals surface area contributed by atoms with Gasteiger partial charge in [-0.25, -0.2) is 0 Å². The Morgan fingerprint density at radius 1 is 1.30 bits per heavy atom. The van der Waals surface area contributed by atoms with E-state index in [0.29, 0.717) is 32.6 Å². The van der Waals surface area contributed by atoms with Crippen LogP contribution in [0, 0.1) is 10.1 Å². The first-order chi connectivity index (χ1) is 14.3. The number of nitrogens with one attached hydrogen (secondary N) is 2. The summed E-state index contributed by atoms with van der Waals surface area (Å²) in [4.78, 5) is 25.1. The van der Waals surface area contributed by atoms with Crippen LogP contribution < -0.4 is 15.4 Å². The predicted octanol–water partition coefficient (Wildman–Crippen LogP) is 4.34. The summed E-state index contributed by atoms with van der Waals surface area (Å²) in [7, 11) is 0. The van der Waals surface area contributed by atoms with E-state index < -0.39 is 23.4 Å². The smallest absolute Gasteiger partial charge is 0.256 e. The van der Waals surface area contributed by atoms with Gasteiger partial charge in [-0.15, -0.1) is 0 Å². The maximum atomic E-state index is 13.1. The lowest BCUT2D eigenvalue weighted by Gasteiger charge is -2.25. The topological polar surface area (TPSA) is 93.5 Å². The van der Waals surface area contributed by atoms with Crippen LogP contribution in [0.1, 0.15) is 24.0 Å². The molecule has 7 nitrogen and oxygen atoms in total. The summed E-state index contributed by atoms with van der Waals surface area (Å²) in [5.74, 6) is -0.352. The van der Waals surface area contributed by atoms with Crippen molar-refractivity contribution < 1.29 is 14.5 Å². The van der Waals surface area contributed by atoms with Crippen LogP contribution in [-0.4, -0.2) is 29.5 Å². The van der Waals surface area contributed by atoms with Crippen molar-refractivity contribution in [2.75, 3.05) is 11.9 Å². The van der Waals surface area contributed by atoms with Crippen molar-refractivity contribution in [3.63, 3.8) is 0 Å². The van der Waals surface area contributed by atoms with E-state index in [0.717, 1.165) is 5.56 Å². The highest BCUT2D eigenvalue weighted by atomic mass is 79.9. The highest BCUT2D eigenvalue weighted by molar-refractivity contribution is 9.11. The number of fused-ring (bicyclic) bond motifs is 2. The molecule has 30 heavy (non-hydrogen) atoms. The molecule has 9 heteroatoms. The number of anilines is 1. The van der Waals surface area contributed by atoms with E-state index in [2.05, 4.69) is 49.1 Å². The van der Waals surface area contributed by atoms with E-state index in [1.54, 1.807) is 30.3 Å². The third-order valence-electron chi connectivity index (χ3n) is 5.71. The van der Waals surface area contributed by atoms with Crippen molar-refractivity contribution in [2.24, 2.45) is 0 Å². The molecule has 2 aliphatic rings. The van der Waals surface area contributed by atoms with Crippen molar-refractivity contribution in [3.05, 3.63) is 79.2 Å². The summed E-state index contributed by atoms with van der Waals surface area (Å²) in [6.45, 7) is 5.84. The Kier molecular flexibility index (Phi) is 5.46. The predicted molar refractivity (Wildman–Crippen MR) is 120 cm³/mol. The largest absolute Gasteiger partial charge is 0.487 e. The summed E-state index contributed by atoms with van der Waals surface area (Å²) in [5.41, 5.74) is 0.511. The first-order valence-electron chi connectivity index (χ1n) is 9.36. The number of para-hydroxylation sites is 1. The minimum Gasteiger partial charge on any atom is -0.487 e. The lowest BCUT2D eigenvalue weighted by molar-refractivity contribution is -0.532. The molecule has 156 valence electrons. The van der Waals surface area contributed by atoms with Crippen LogP contribution in [0.2, 0.25) is 0 Å². The Bertz CT molecular complexity index is 1040. The SMILES string of the molecule is C=CCOc1c(Br)cc([C@@H]2[C@H](C)N[C@]3(C(=O)Nc4ccccc43)[C@@H]2[N+](=O)[O-])cc1Br. The van der Waals surface area contributed by atoms with Gasteiger partial charge in [-0.2, -0.15) is 0 Å². The monoisotopic (exact) mass is 535 g/mol. The number of halogens is 2. The lowest BCUT2D eigenvalue weighted by atomic mass is 9.78. The number of benzene rings is 2. The quantitative estimate of drug-likeness (QED) is 0.337. The number of nitrogens with zero attached hydrogens (tertiary/aromatic N) is 1. The molecule has 0 unspecified atom stereocenters. The number of carbonyl (C=O) groups is 1. The maximum absolute atomic E-state index is 13.1. The minimum atomic E-state index is -1.43. The summed E-state index contributed by atoms with van der Waals surface area (Å²) in [6.07, 6.45) is 1.64. The molecule has 2 heterocycles. The highest BCUT2D eigenvalue weighted by Gasteiger charge is 2.67. The van der Waals surface area contributed by atoms with E-state index in [9.17, 15) is 14.9 Å². The Hall–Kier alpha value is -2.23. The zero-order valence-electron chi connectivity index (χ0n) is 16.0. The second kappa shape index (κ2) is 7.79. The van der Waals surface area contributed by atoms with Gasteiger partial charge in [0.05, 0.1) is 14.9 Å². The molecule has 0 aliphatic carbocycles. The second-order valence-electron chi connectivity index (χ2n) is 7.41. The normalized spacial score (nSPS) is 27.0. The summed E-state index contributed by atoms with van der Waals surface area (Å²) in [5, 5.41) is 18.4. The fourth-order valence-corrected chi connectivity index (χ4v) is 6.06. The van der Waals surface area contributed by atoms with E-state index in [1.807, 2.05) is 19.1 Å². The van der Waals surface area contributed by atoms with Gasteiger partial charge in [0.2, 0.25) is 0 Å². The number of hydrogen-bond acceptors (Lipinski definition) is 5. The molecule has 0 saturated carbocycles. The van der Waals surface area contributed by atoms with Gasteiger partial charge in [0.1, 0.15) is 12.4 Å². The number of rotatable bonds is 5. The molecule has 4 atom stereocenters. The van der Waals surface area contributed by atoms with Crippen LogP contribution in [0.15, 0.2) is 58.0 Å². The minimum absolute atomic E-state index is 0.323. The third kappa shape index (κ3) is 3.07. The molecule has 0 radical (unpaired) electrons. The van der Waals surface area contributed by atoms with Gasteiger partial charge in [-0.1, -0.05) is 30.9 Å². The van der Waals surface area contributed by atoms with Gasteiger partial charge in [-0.05, 0) is 62.5 Å². The molecular formula is C21H19Br2N3O4. The molecule has 2 aromatic carbocycles. The molecule has 1 spiro atoms. The van der Waals surface area contributed by atoms with Gasteiger partial charge >= 0.3 is 0 Å². The fraction of sp³-hybridized carbons (Fsp3) is 0.286. The number of amides is 1. The molecule has 4 rings (SSSR count). The third-order valence-corrected chi connectivity index (χ3v) is 6.89. The van der Waals surface area contributed by atoms with Gasteiger partial charge in [0.15, 0.2) is 5.54 Å². The van der Waals surface area contributed by atoms with Crippen LogP contribution in [0.4, 0.5) is 5.69 Å². The first-order valence-corrected chi connectivity index (χ1v) is 10.9. The van der Waals surface area contributed by atoms with E-state index >= 15 is 0 Å². The van der Waals surface area contributed by atoms with Crippen molar-refractivity contribution in [1.29, 1.82) is 0 Å². The van der Waals surface area contributed by atoms with E-state index in [-0.39, 0.29) is 11.0 Å². The highest BCUT2D eigenvalue weighted by Crippen LogP contribution is 2.50. The Morgan fingerprint density at radius 2 is 1.97 bits per heavy atom. The molecule has 2 N–H and O–H groups in total. The van der Waals surface area contributed by atoms with Crippen LogP contribution in [0.3, 0.4) is 0 Å². The zero-order valence-corrected chi connectivity index (χ0v) is 19.2. The number of nitro groups is 1. The zero-order chi connectivity index (χ0) is 21.6. The average molecular weight is 537 g/mol. The summed E-state index contributed by atoms with van der Waals surface area (Å²) < 4.78 is 7.00. The van der Waals surface area contributed by atoms with Gasteiger partial charge in [-0.3, -0.25) is 20.2 Å². The molecule has 2 aliphatic heterocycles. The molecule has 1 amide bonds. The van der Waals surface area contributed by atoms with Gasteiger partial charge in [0.25, 0.3) is 11.9 Å². The van der Waals surface area contributed by atoms with Crippen LogP contribution >= 0.6 is 31.9 Å². The van der Waals surface area contributed by atoms with Crippen molar-refractivity contribution in [2.45, 2.75) is 30.5 Å². The Morgan fingerprint density at radius 3 is 2.60 bits per heavy atom. The van der Waals surface area contributed by atoms with Crippen LogP contribution in [0.5, 0.6) is 5.75 Å². The second-order valence-corrected chi connectivity index (χ2v) is 9.12. The van der Waals surface area contributed by atoms with Gasteiger partial charge in [0, 0.05) is 22.2 Å². The summed E-state index contributed by atoms with van der Waals surface area (Å²) >= 11 is 7.01. The van der Waals surface area contributed by atoms with Crippen molar-refractivity contribution in [3.8, 4) is 5.75 Å². The number of carbonyl (C=O) groups excluding carboxylic acids is 1. The molecule has 2 aromatic rings. The van der Waals surface area contributed by atoms with Crippen LogP contribution in [-0.2, 0) is 10.3 Å². The number of ether oxygens (including phenoxy) is 1. The van der Waals surface area contributed by atoms with Crippen molar-refractivity contribution in [1.82, 2.24) is 5.32 Å². The molecule has 1 fully saturated rings. The molecule has 1 saturated heterocycles.